The van der Waals surface area contributed by atoms with Crippen LogP contribution in [0.5, 0.6) is 0 Å². The van der Waals surface area contributed by atoms with E-state index in [1.165, 1.54) is 25.3 Å². The average molecular weight is 208 g/mol. The molecular formula is C11H9FO3. The van der Waals surface area contributed by atoms with Gasteiger partial charge in [-0.1, -0.05) is 12.1 Å². The summed E-state index contributed by atoms with van der Waals surface area (Å²) in [7, 11) is 1.19. The van der Waals surface area contributed by atoms with Crippen molar-refractivity contribution < 1.29 is 18.7 Å². The van der Waals surface area contributed by atoms with Crippen molar-refractivity contribution in [2.24, 2.45) is 0 Å². The number of halogens is 1. The highest BCUT2D eigenvalue weighted by molar-refractivity contribution is 6.07. The number of benzene rings is 1. The van der Waals surface area contributed by atoms with Gasteiger partial charge in [-0.2, -0.15) is 0 Å². The van der Waals surface area contributed by atoms with E-state index in [0.29, 0.717) is 0 Å². The molecule has 0 N–H and O–H groups in total. The second-order valence-corrected chi connectivity index (χ2v) is 2.70. The Labute approximate surface area is 86.2 Å². The van der Waals surface area contributed by atoms with Crippen LogP contribution in [0.2, 0.25) is 0 Å². The summed E-state index contributed by atoms with van der Waals surface area (Å²) in [6.07, 6.45) is 1.93. The Kier molecular flexibility index (Phi) is 3.74. The summed E-state index contributed by atoms with van der Waals surface area (Å²) in [4.78, 5) is 22.0. The highest BCUT2D eigenvalue weighted by Gasteiger charge is 2.07. The van der Waals surface area contributed by atoms with E-state index < -0.39 is 17.6 Å². The van der Waals surface area contributed by atoms with Crippen LogP contribution in [0.1, 0.15) is 10.4 Å². The SMILES string of the molecule is COC(=O)/C=C/C(=O)c1ccccc1F. The van der Waals surface area contributed by atoms with Crippen LogP contribution in [0.3, 0.4) is 0 Å². The van der Waals surface area contributed by atoms with Crippen molar-refractivity contribution in [2.75, 3.05) is 7.11 Å². The lowest BCUT2D eigenvalue weighted by Gasteiger charge is -1.96. The Balaban J connectivity index is 2.83. The van der Waals surface area contributed by atoms with Gasteiger partial charge in [0.15, 0.2) is 5.78 Å². The van der Waals surface area contributed by atoms with Gasteiger partial charge in [0.05, 0.1) is 12.7 Å². The third-order valence-corrected chi connectivity index (χ3v) is 1.71. The highest BCUT2D eigenvalue weighted by atomic mass is 19.1. The van der Waals surface area contributed by atoms with Crippen LogP contribution >= 0.6 is 0 Å². The molecule has 15 heavy (non-hydrogen) atoms. The summed E-state index contributed by atoms with van der Waals surface area (Å²) >= 11 is 0. The Morgan fingerprint density at radius 2 is 1.93 bits per heavy atom. The van der Waals surface area contributed by atoms with E-state index in [1.54, 1.807) is 6.07 Å². The average Bonchev–Trinajstić information content (AvgIpc) is 2.26. The minimum Gasteiger partial charge on any atom is -0.466 e. The Bertz CT molecular complexity index is 410. The van der Waals surface area contributed by atoms with Gasteiger partial charge in [-0.3, -0.25) is 4.79 Å². The van der Waals surface area contributed by atoms with Crippen LogP contribution < -0.4 is 0 Å². The topological polar surface area (TPSA) is 43.4 Å². The molecular weight excluding hydrogens is 199 g/mol. The van der Waals surface area contributed by atoms with E-state index in [-0.39, 0.29) is 5.56 Å². The molecule has 4 heteroatoms. The summed E-state index contributed by atoms with van der Waals surface area (Å²) in [6.45, 7) is 0. The van der Waals surface area contributed by atoms with Crippen molar-refractivity contribution in [1.82, 2.24) is 0 Å². The molecule has 0 aliphatic carbocycles. The van der Waals surface area contributed by atoms with Crippen LogP contribution in [-0.4, -0.2) is 18.9 Å². The fourth-order valence-corrected chi connectivity index (χ4v) is 0.963. The van der Waals surface area contributed by atoms with E-state index in [1.807, 2.05) is 0 Å². The lowest BCUT2D eigenvalue weighted by atomic mass is 10.1. The van der Waals surface area contributed by atoms with Gasteiger partial charge in [-0.05, 0) is 18.2 Å². The third kappa shape index (κ3) is 3.02. The van der Waals surface area contributed by atoms with Gasteiger partial charge in [0.1, 0.15) is 5.82 Å². The molecule has 1 aromatic carbocycles. The Hall–Kier alpha value is -1.97. The first kappa shape index (κ1) is 11.1. The third-order valence-electron chi connectivity index (χ3n) is 1.71. The number of esters is 1. The second-order valence-electron chi connectivity index (χ2n) is 2.70. The van der Waals surface area contributed by atoms with E-state index in [2.05, 4.69) is 4.74 Å². The molecule has 0 radical (unpaired) electrons. The van der Waals surface area contributed by atoms with Gasteiger partial charge in [-0.25, -0.2) is 9.18 Å². The predicted octanol–water partition coefficient (Wildman–Crippen LogP) is 1.74. The number of allylic oxidation sites excluding steroid dienone is 1. The molecule has 0 bridgehead atoms. The molecule has 0 aromatic heterocycles. The fourth-order valence-electron chi connectivity index (χ4n) is 0.963. The van der Waals surface area contributed by atoms with Crippen molar-refractivity contribution >= 4 is 11.8 Å². The van der Waals surface area contributed by atoms with E-state index in [9.17, 15) is 14.0 Å². The van der Waals surface area contributed by atoms with Gasteiger partial charge in [-0.15, -0.1) is 0 Å². The monoisotopic (exact) mass is 208 g/mol. The second kappa shape index (κ2) is 5.05. The first-order chi connectivity index (χ1) is 7.15. The normalized spacial score (nSPS) is 10.3. The lowest BCUT2D eigenvalue weighted by molar-refractivity contribution is -0.134. The number of ether oxygens (including phenoxy) is 1. The molecule has 0 heterocycles. The van der Waals surface area contributed by atoms with Gasteiger partial charge in [0.2, 0.25) is 0 Å². The smallest absolute Gasteiger partial charge is 0.330 e. The van der Waals surface area contributed by atoms with Gasteiger partial charge >= 0.3 is 5.97 Å². The van der Waals surface area contributed by atoms with Gasteiger partial charge in [0, 0.05) is 6.08 Å². The minimum absolute atomic E-state index is 0.0716. The number of hydrogen-bond donors (Lipinski definition) is 0. The molecule has 3 nitrogen and oxygen atoms in total. The maximum absolute atomic E-state index is 13.1. The molecule has 0 saturated carbocycles. The standard InChI is InChI=1S/C11H9FO3/c1-15-11(14)7-6-10(13)8-4-2-3-5-9(8)12/h2-7H,1H3/b7-6+. The van der Waals surface area contributed by atoms with Crippen molar-refractivity contribution in [2.45, 2.75) is 0 Å². The van der Waals surface area contributed by atoms with Crippen molar-refractivity contribution in [3.63, 3.8) is 0 Å². The molecule has 78 valence electrons. The van der Waals surface area contributed by atoms with Crippen LogP contribution in [0.15, 0.2) is 36.4 Å². The van der Waals surface area contributed by atoms with Crippen molar-refractivity contribution in [3.8, 4) is 0 Å². The van der Waals surface area contributed by atoms with Gasteiger partial charge in [0.25, 0.3) is 0 Å². The molecule has 0 atom stereocenters. The summed E-state index contributed by atoms with van der Waals surface area (Å²) in [6, 6.07) is 5.55. The van der Waals surface area contributed by atoms with Gasteiger partial charge < -0.3 is 4.74 Å². The fraction of sp³-hybridized carbons (Fsp3) is 0.0909. The van der Waals surface area contributed by atoms with E-state index in [4.69, 9.17) is 0 Å². The molecule has 0 fully saturated rings. The Morgan fingerprint density at radius 3 is 2.53 bits per heavy atom. The maximum atomic E-state index is 13.1. The number of ketones is 1. The summed E-state index contributed by atoms with van der Waals surface area (Å²) in [5.41, 5.74) is -0.0716. The number of rotatable bonds is 3. The van der Waals surface area contributed by atoms with Crippen LogP contribution in [0.25, 0.3) is 0 Å². The quantitative estimate of drug-likeness (QED) is 0.431. The molecule has 0 unspecified atom stereocenters. The molecule has 1 aromatic rings. The molecule has 0 saturated heterocycles. The number of hydrogen-bond acceptors (Lipinski definition) is 3. The largest absolute Gasteiger partial charge is 0.466 e. The number of methoxy groups -OCH3 is 1. The van der Waals surface area contributed by atoms with Crippen molar-refractivity contribution in [1.29, 1.82) is 0 Å². The molecule has 0 aliphatic heterocycles. The molecule has 1 rings (SSSR count). The van der Waals surface area contributed by atoms with Crippen LogP contribution in [-0.2, 0) is 9.53 Å². The summed E-state index contributed by atoms with van der Waals surface area (Å²) < 4.78 is 17.4. The van der Waals surface area contributed by atoms with E-state index in [0.717, 1.165) is 12.2 Å². The summed E-state index contributed by atoms with van der Waals surface area (Å²) in [5.74, 6) is -1.84. The van der Waals surface area contributed by atoms with E-state index >= 15 is 0 Å². The Morgan fingerprint density at radius 1 is 1.27 bits per heavy atom. The number of carbonyl (C=O) groups excluding carboxylic acids is 2. The first-order valence-electron chi connectivity index (χ1n) is 4.20. The zero-order valence-electron chi connectivity index (χ0n) is 8.07. The molecule has 0 aliphatic rings. The first-order valence-corrected chi connectivity index (χ1v) is 4.20. The zero-order valence-corrected chi connectivity index (χ0v) is 8.07. The predicted molar refractivity (Wildman–Crippen MR) is 51.9 cm³/mol. The number of carbonyl (C=O) groups is 2. The van der Waals surface area contributed by atoms with Crippen LogP contribution in [0, 0.1) is 5.82 Å². The molecule has 0 spiro atoms. The van der Waals surface area contributed by atoms with Crippen LogP contribution in [0.4, 0.5) is 4.39 Å². The zero-order chi connectivity index (χ0) is 11.3. The highest BCUT2D eigenvalue weighted by Crippen LogP contribution is 2.07. The molecule has 0 amide bonds. The lowest BCUT2D eigenvalue weighted by Crippen LogP contribution is -2.01. The van der Waals surface area contributed by atoms with Crippen molar-refractivity contribution in [3.05, 3.63) is 47.8 Å². The maximum Gasteiger partial charge on any atom is 0.330 e. The summed E-state index contributed by atoms with van der Waals surface area (Å²) in [5, 5.41) is 0. The minimum atomic E-state index is -0.653.